The Hall–Kier alpha value is -1.02. The van der Waals surface area contributed by atoms with Crippen LogP contribution in [0.4, 0.5) is 4.39 Å². The van der Waals surface area contributed by atoms with E-state index in [0.29, 0.717) is 19.1 Å². The van der Waals surface area contributed by atoms with Gasteiger partial charge in [0.15, 0.2) is 0 Å². The van der Waals surface area contributed by atoms with Gasteiger partial charge < -0.3 is 4.74 Å². The van der Waals surface area contributed by atoms with Gasteiger partial charge >= 0.3 is 0 Å². The maximum Gasteiger partial charge on any atom is 0.240 e. The molecule has 1 N–H and O–H groups in total. The second-order valence-corrected chi connectivity index (χ2v) is 7.72. The summed E-state index contributed by atoms with van der Waals surface area (Å²) in [4.78, 5) is 2.34. The number of halogens is 1. The molecule has 0 bridgehead atoms. The minimum Gasteiger partial charge on any atom is -0.374 e. The van der Waals surface area contributed by atoms with Crippen molar-refractivity contribution in [2.24, 2.45) is 5.92 Å². The maximum absolute atomic E-state index is 12.9. The van der Waals surface area contributed by atoms with E-state index in [1.165, 1.54) is 12.1 Å². The molecule has 124 valence electrons. The molecule has 0 spiro atoms. The lowest BCUT2D eigenvalue weighted by Gasteiger charge is -2.33. The fraction of sp³-hybridized carbons (Fsp3) is 0.600. The highest BCUT2D eigenvalue weighted by molar-refractivity contribution is 7.89. The average Bonchev–Trinajstić information content (AvgIpc) is 2.45. The Morgan fingerprint density at radius 2 is 2.05 bits per heavy atom. The molecule has 22 heavy (non-hydrogen) atoms. The molecule has 1 heterocycles. The zero-order valence-electron chi connectivity index (χ0n) is 13.0. The molecule has 0 aromatic heterocycles. The highest BCUT2D eigenvalue weighted by atomic mass is 32.2. The Bertz CT molecular complexity index is 575. The summed E-state index contributed by atoms with van der Waals surface area (Å²) in [6, 6.07) is 4.78. The molecule has 1 aliphatic heterocycles. The van der Waals surface area contributed by atoms with E-state index in [9.17, 15) is 12.8 Å². The van der Waals surface area contributed by atoms with Gasteiger partial charge in [-0.15, -0.1) is 0 Å². The van der Waals surface area contributed by atoms with Crippen molar-refractivity contribution in [3.05, 3.63) is 30.1 Å². The third-order valence-corrected chi connectivity index (χ3v) is 4.91. The zero-order valence-corrected chi connectivity index (χ0v) is 13.8. The molecule has 1 fully saturated rings. The van der Waals surface area contributed by atoms with E-state index in [0.717, 1.165) is 25.2 Å². The van der Waals surface area contributed by atoms with Gasteiger partial charge in [-0.2, -0.15) is 0 Å². The molecular weight excluding hydrogens is 307 g/mol. The number of hydrogen-bond donors (Lipinski definition) is 1. The third-order valence-electron chi connectivity index (χ3n) is 3.47. The predicted octanol–water partition coefficient (Wildman–Crippen LogP) is 1.46. The number of benzene rings is 1. The van der Waals surface area contributed by atoms with E-state index in [1.54, 1.807) is 0 Å². The summed E-state index contributed by atoms with van der Waals surface area (Å²) in [6.07, 6.45) is -0.164. The molecule has 1 unspecified atom stereocenters. The topological polar surface area (TPSA) is 58.6 Å². The minimum atomic E-state index is -3.63. The van der Waals surface area contributed by atoms with Gasteiger partial charge in [-0.3, -0.25) is 4.90 Å². The van der Waals surface area contributed by atoms with E-state index >= 15 is 0 Å². The van der Waals surface area contributed by atoms with Gasteiger partial charge in [0.05, 0.1) is 17.6 Å². The maximum atomic E-state index is 12.9. The van der Waals surface area contributed by atoms with Gasteiger partial charge in [-0.05, 0) is 30.2 Å². The van der Waals surface area contributed by atoms with Crippen LogP contribution in [0.15, 0.2) is 29.2 Å². The van der Waals surface area contributed by atoms with Crippen molar-refractivity contribution in [3.63, 3.8) is 0 Å². The Morgan fingerprint density at radius 3 is 2.68 bits per heavy atom. The van der Waals surface area contributed by atoms with Crippen molar-refractivity contribution in [3.8, 4) is 0 Å². The van der Waals surface area contributed by atoms with Gasteiger partial charge in [-0.25, -0.2) is 17.5 Å². The lowest BCUT2D eigenvalue weighted by Crippen LogP contribution is -2.48. The number of nitrogens with one attached hydrogen (secondary N) is 1. The van der Waals surface area contributed by atoms with Crippen LogP contribution in [0.2, 0.25) is 0 Å². The molecule has 0 radical (unpaired) electrons. The van der Waals surface area contributed by atoms with E-state index in [2.05, 4.69) is 23.5 Å². The fourth-order valence-corrected chi connectivity index (χ4v) is 3.55. The number of hydrogen-bond acceptors (Lipinski definition) is 4. The molecule has 0 amide bonds. The number of rotatable bonds is 6. The second kappa shape index (κ2) is 7.50. The lowest BCUT2D eigenvalue weighted by molar-refractivity contribution is -0.0280. The van der Waals surface area contributed by atoms with E-state index in [-0.39, 0.29) is 17.5 Å². The molecule has 1 aromatic rings. The second-order valence-electron chi connectivity index (χ2n) is 5.95. The van der Waals surface area contributed by atoms with Crippen molar-refractivity contribution >= 4 is 10.0 Å². The van der Waals surface area contributed by atoms with Crippen LogP contribution in [0, 0.1) is 11.7 Å². The summed E-state index contributed by atoms with van der Waals surface area (Å²) >= 11 is 0. The molecule has 1 aliphatic rings. The molecule has 5 nitrogen and oxygen atoms in total. The summed E-state index contributed by atoms with van der Waals surface area (Å²) in [5, 5.41) is 0. The van der Waals surface area contributed by atoms with Crippen LogP contribution >= 0.6 is 0 Å². The van der Waals surface area contributed by atoms with Gasteiger partial charge in [0.1, 0.15) is 5.82 Å². The first kappa shape index (κ1) is 17.3. The van der Waals surface area contributed by atoms with Crippen LogP contribution in [0.25, 0.3) is 0 Å². The fourth-order valence-electron chi connectivity index (χ4n) is 2.49. The first-order valence-corrected chi connectivity index (χ1v) is 8.94. The zero-order chi connectivity index (χ0) is 16.2. The normalized spacial score (nSPS) is 20.5. The van der Waals surface area contributed by atoms with Gasteiger partial charge in [-0.1, -0.05) is 13.8 Å². The number of ether oxygens (including phenoxy) is 1. The van der Waals surface area contributed by atoms with Crippen molar-refractivity contribution < 1.29 is 17.5 Å². The van der Waals surface area contributed by atoms with Crippen LogP contribution in [0.3, 0.4) is 0 Å². The molecular formula is C15H23FN2O3S. The van der Waals surface area contributed by atoms with Gasteiger partial charge in [0.2, 0.25) is 10.0 Å². The smallest absolute Gasteiger partial charge is 0.240 e. The number of nitrogens with zero attached hydrogens (tertiary/aromatic N) is 1. The van der Waals surface area contributed by atoms with Crippen LogP contribution in [0.1, 0.15) is 13.8 Å². The number of morpholine rings is 1. The van der Waals surface area contributed by atoms with Crippen LogP contribution < -0.4 is 4.72 Å². The summed E-state index contributed by atoms with van der Waals surface area (Å²) in [6.45, 7) is 7.70. The molecule has 0 aliphatic carbocycles. The minimum absolute atomic E-state index is 0.0590. The average molecular weight is 330 g/mol. The van der Waals surface area contributed by atoms with Crippen molar-refractivity contribution in [1.82, 2.24) is 9.62 Å². The standard InChI is InChI=1S/C15H23FN2O3S/c1-12(2)10-18-7-8-21-14(11-18)9-17-22(19,20)15-5-3-13(16)4-6-15/h3-6,12,14,17H,7-11H2,1-2H3. The lowest BCUT2D eigenvalue weighted by atomic mass is 10.2. The predicted molar refractivity (Wildman–Crippen MR) is 82.6 cm³/mol. The highest BCUT2D eigenvalue weighted by Crippen LogP contribution is 2.11. The Balaban J connectivity index is 1.90. The Kier molecular flexibility index (Phi) is 5.91. The first-order chi connectivity index (χ1) is 10.4. The van der Waals surface area contributed by atoms with Crippen LogP contribution in [0.5, 0.6) is 0 Å². The van der Waals surface area contributed by atoms with Crippen molar-refractivity contribution in [2.75, 3.05) is 32.8 Å². The summed E-state index contributed by atoms with van der Waals surface area (Å²) in [5.74, 6) is 0.105. The molecule has 1 aromatic carbocycles. The number of sulfonamides is 1. The van der Waals surface area contributed by atoms with Gasteiger partial charge in [0.25, 0.3) is 0 Å². The van der Waals surface area contributed by atoms with E-state index in [4.69, 9.17) is 4.74 Å². The first-order valence-electron chi connectivity index (χ1n) is 7.46. The Morgan fingerprint density at radius 1 is 1.36 bits per heavy atom. The molecule has 7 heteroatoms. The quantitative estimate of drug-likeness (QED) is 0.858. The van der Waals surface area contributed by atoms with Crippen LogP contribution in [-0.2, 0) is 14.8 Å². The summed E-state index contributed by atoms with van der Waals surface area (Å²) in [7, 11) is -3.63. The highest BCUT2D eigenvalue weighted by Gasteiger charge is 2.23. The van der Waals surface area contributed by atoms with E-state index in [1.807, 2.05) is 0 Å². The third kappa shape index (κ3) is 5.01. The summed E-state index contributed by atoms with van der Waals surface area (Å²) in [5.41, 5.74) is 0. The monoisotopic (exact) mass is 330 g/mol. The van der Waals surface area contributed by atoms with Crippen molar-refractivity contribution in [1.29, 1.82) is 0 Å². The molecule has 1 saturated heterocycles. The van der Waals surface area contributed by atoms with Crippen LogP contribution in [-0.4, -0.2) is 52.2 Å². The van der Waals surface area contributed by atoms with Gasteiger partial charge in [0, 0.05) is 26.2 Å². The summed E-state index contributed by atoms with van der Waals surface area (Å²) < 4.78 is 45.3. The molecule has 2 rings (SSSR count). The van der Waals surface area contributed by atoms with Crippen molar-refractivity contribution in [2.45, 2.75) is 24.8 Å². The Labute approximate surface area is 131 Å². The molecule has 1 atom stereocenters. The SMILES string of the molecule is CC(C)CN1CCOC(CNS(=O)(=O)c2ccc(F)cc2)C1. The van der Waals surface area contributed by atoms with E-state index < -0.39 is 15.8 Å². The largest absolute Gasteiger partial charge is 0.374 e. The molecule has 0 saturated carbocycles.